The first-order valence-corrected chi connectivity index (χ1v) is 4.74. The number of rotatable bonds is 5. The molecule has 1 rings (SSSR count). The Kier molecular flexibility index (Phi) is 4.58. The molecule has 0 amide bonds. The van der Waals surface area contributed by atoms with E-state index in [0.29, 0.717) is 6.61 Å². The summed E-state index contributed by atoms with van der Waals surface area (Å²) in [5.41, 5.74) is 0. The fraction of sp³-hybridized carbons (Fsp3) is 1.00. The normalized spacial score (nSPS) is 29.5. The van der Waals surface area contributed by atoms with Crippen molar-refractivity contribution in [2.24, 2.45) is 0 Å². The highest BCUT2D eigenvalue weighted by Crippen LogP contribution is 2.16. The smallest absolute Gasteiger partial charge is 0.158 e. The zero-order chi connectivity index (χ0) is 8.81. The van der Waals surface area contributed by atoms with E-state index in [1.165, 1.54) is 12.8 Å². The van der Waals surface area contributed by atoms with Gasteiger partial charge < -0.3 is 14.6 Å². The number of aliphatic hydroxyl groups is 1. The van der Waals surface area contributed by atoms with Gasteiger partial charge in [0.2, 0.25) is 0 Å². The maximum atomic E-state index is 8.75. The molecule has 3 nitrogen and oxygen atoms in total. The number of ether oxygens (including phenoxy) is 2. The summed E-state index contributed by atoms with van der Waals surface area (Å²) in [6, 6.07) is 0. The lowest BCUT2D eigenvalue weighted by atomic mass is 10.2. The number of unbranched alkanes of at least 4 members (excludes halogenated alkanes) is 2. The molecule has 1 N–H and O–H groups in total. The molecular formula is C9H18O3. The van der Waals surface area contributed by atoms with E-state index in [2.05, 4.69) is 6.92 Å². The standard InChI is InChI=1S/C9H18O3/c1-2-3-4-5-9-11-7-8(6-10)12-9/h8-10H,2-7H2,1H3/t8-,9-/m0/s1. The van der Waals surface area contributed by atoms with Crippen LogP contribution >= 0.6 is 0 Å². The highest BCUT2D eigenvalue weighted by molar-refractivity contribution is 4.63. The third-order valence-electron chi connectivity index (χ3n) is 2.06. The Bertz CT molecular complexity index is 116. The number of hydrogen-bond acceptors (Lipinski definition) is 3. The topological polar surface area (TPSA) is 38.7 Å². The Balaban J connectivity index is 2.03. The van der Waals surface area contributed by atoms with Crippen molar-refractivity contribution in [3.63, 3.8) is 0 Å². The van der Waals surface area contributed by atoms with Gasteiger partial charge in [0.25, 0.3) is 0 Å². The minimum Gasteiger partial charge on any atom is -0.394 e. The number of hydrogen-bond donors (Lipinski definition) is 1. The van der Waals surface area contributed by atoms with E-state index < -0.39 is 0 Å². The fourth-order valence-electron chi connectivity index (χ4n) is 1.32. The van der Waals surface area contributed by atoms with Crippen LogP contribution in [0.25, 0.3) is 0 Å². The van der Waals surface area contributed by atoms with E-state index in [-0.39, 0.29) is 19.0 Å². The quantitative estimate of drug-likeness (QED) is 0.638. The molecule has 0 aromatic heterocycles. The summed E-state index contributed by atoms with van der Waals surface area (Å²) < 4.78 is 10.7. The lowest BCUT2D eigenvalue weighted by molar-refractivity contribution is -0.0701. The fourth-order valence-corrected chi connectivity index (χ4v) is 1.32. The van der Waals surface area contributed by atoms with Gasteiger partial charge in [-0.05, 0) is 12.8 Å². The third-order valence-corrected chi connectivity index (χ3v) is 2.06. The molecule has 0 aliphatic carbocycles. The van der Waals surface area contributed by atoms with Gasteiger partial charge in [0.1, 0.15) is 6.10 Å². The minimum absolute atomic E-state index is 0.0614. The van der Waals surface area contributed by atoms with Crippen molar-refractivity contribution in [3.8, 4) is 0 Å². The SMILES string of the molecule is CCCCC[C@H]1OC[C@H](CO)O1. The highest BCUT2D eigenvalue weighted by Gasteiger charge is 2.24. The summed E-state index contributed by atoms with van der Waals surface area (Å²) >= 11 is 0. The van der Waals surface area contributed by atoms with E-state index >= 15 is 0 Å². The van der Waals surface area contributed by atoms with Gasteiger partial charge in [-0.1, -0.05) is 19.8 Å². The molecule has 0 bridgehead atoms. The molecule has 1 aliphatic rings. The zero-order valence-electron chi connectivity index (χ0n) is 7.66. The van der Waals surface area contributed by atoms with Gasteiger partial charge in [-0.3, -0.25) is 0 Å². The molecule has 0 saturated carbocycles. The summed E-state index contributed by atoms with van der Waals surface area (Å²) in [7, 11) is 0. The van der Waals surface area contributed by atoms with Crippen LogP contribution in [0.2, 0.25) is 0 Å². The maximum Gasteiger partial charge on any atom is 0.158 e. The molecule has 1 fully saturated rings. The van der Waals surface area contributed by atoms with Crippen molar-refractivity contribution in [3.05, 3.63) is 0 Å². The van der Waals surface area contributed by atoms with Crippen LogP contribution in [-0.2, 0) is 9.47 Å². The van der Waals surface area contributed by atoms with Gasteiger partial charge in [0, 0.05) is 0 Å². The van der Waals surface area contributed by atoms with Crippen molar-refractivity contribution >= 4 is 0 Å². The van der Waals surface area contributed by atoms with E-state index in [1.54, 1.807) is 0 Å². The van der Waals surface area contributed by atoms with Crippen LogP contribution < -0.4 is 0 Å². The summed E-state index contributed by atoms with van der Waals surface area (Å²) in [6.07, 6.45) is 4.41. The molecule has 1 heterocycles. The Labute approximate surface area is 73.7 Å². The molecule has 0 unspecified atom stereocenters. The summed E-state index contributed by atoms with van der Waals surface area (Å²) in [6.45, 7) is 2.80. The highest BCUT2D eigenvalue weighted by atomic mass is 16.7. The second kappa shape index (κ2) is 5.51. The average Bonchev–Trinajstić information content (AvgIpc) is 2.53. The van der Waals surface area contributed by atoms with Crippen molar-refractivity contribution in [1.29, 1.82) is 0 Å². The van der Waals surface area contributed by atoms with Crippen LogP contribution in [-0.4, -0.2) is 30.7 Å². The number of aliphatic hydroxyl groups excluding tert-OH is 1. The van der Waals surface area contributed by atoms with E-state index in [9.17, 15) is 0 Å². The Morgan fingerprint density at radius 1 is 1.42 bits per heavy atom. The minimum atomic E-state index is -0.0865. The Morgan fingerprint density at radius 3 is 2.83 bits per heavy atom. The van der Waals surface area contributed by atoms with Gasteiger partial charge in [-0.15, -0.1) is 0 Å². The lowest BCUT2D eigenvalue weighted by Crippen LogP contribution is -2.16. The largest absolute Gasteiger partial charge is 0.394 e. The van der Waals surface area contributed by atoms with Gasteiger partial charge in [0.05, 0.1) is 13.2 Å². The predicted octanol–water partition coefficient (Wildman–Crippen LogP) is 1.30. The van der Waals surface area contributed by atoms with Crippen LogP contribution in [0, 0.1) is 0 Å². The summed E-state index contributed by atoms with van der Waals surface area (Å²) in [5.74, 6) is 0. The van der Waals surface area contributed by atoms with Gasteiger partial charge in [0.15, 0.2) is 6.29 Å². The monoisotopic (exact) mass is 174 g/mol. The second-order valence-corrected chi connectivity index (χ2v) is 3.20. The molecule has 0 radical (unpaired) electrons. The molecule has 12 heavy (non-hydrogen) atoms. The van der Waals surface area contributed by atoms with Gasteiger partial charge in [-0.2, -0.15) is 0 Å². The first kappa shape index (κ1) is 9.96. The average molecular weight is 174 g/mol. The first-order valence-electron chi connectivity index (χ1n) is 4.74. The van der Waals surface area contributed by atoms with Crippen molar-refractivity contribution in [2.75, 3.05) is 13.2 Å². The second-order valence-electron chi connectivity index (χ2n) is 3.20. The Morgan fingerprint density at radius 2 is 2.25 bits per heavy atom. The molecule has 0 spiro atoms. The van der Waals surface area contributed by atoms with Crippen molar-refractivity contribution in [2.45, 2.75) is 45.0 Å². The first-order chi connectivity index (χ1) is 5.86. The molecule has 1 saturated heterocycles. The molecule has 0 aromatic carbocycles. The van der Waals surface area contributed by atoms with Crippen molar-refractivity contribution in [1.82, 2.24) is 0 Å². The van der Waals surface area contributed by atoms with Crippen LogP contribution in [0.3, 0.4) is 0 Å². The summed E-state index contributed by atoms with van der Waals surface area (Å²) in [4.78, 5) is 0. The molecule has 1 aliphatic heterocycles. The van der Waals surface area contributed by atoms with Crippen LogP contribution in [0.15, 0.2) is 0 Å². The van der Waals surface area contributed by atoms with Crippen LogP contribution in [0.4, 0.5) is 0 Å². The third kappa shape index (κ3) is 3.09. The Hall–Kier alpha value is -0.120. The van der Waals surface area contributed by atoms with Crippen LogP contribution in [0.5, 0.6) is 0 Å². The van der Waals surface area contributed by atoms with Crippen LogP contribution in [0.1, 0.15) is 32.6 Å². The lowest BCUT2D eigenvalue weighted by Gasteiger charge is -2.08. The van der Waals surface area contributed by atoms with Gasteiger partial charge in [-0.25, -0.2) is 0 Å². The molecule has 2 atom stereocenters. The molecule has 0 aromatic rings. The van der Waals surface area contributed by atoms with E-state index in [1.807, 2.05) is 0 Å². The van der Waals surface area contributed by atoms with E-state index in [0.717, 1.165) is 12.8 Å². The molecular weight excluding hydrogens is 156 g/mol. The summed E-state index contributed by atoms with van der Waals surface area (Å²) in [5, 5.41) is 8.75. The predicted molar refractivity (Wildman–Crippen MR) is 45.8 cm³/mol. The van der Waals surface area contributed by atoms with E-state index in [4.69, 9.17) is 14.6 Å². The molecule has 3 heteroatoms. The van der Waals surface area contributed by atoms with Crippen molar-refractivity contribution < 1.29 is 14.6 Å². The zero-order valence-corrected chi connectivity index (χ0v) is 7.66. The maximum absolute atomic E-state index is 8.75. The van der Waals surface area contributed by atoms with Gasteiger partial charge >= 0.3 is 0 Å². The molecule has 72 valence electrons.